The van der Waals surface area contributed by atoms with Crippen molar-refractivity contribution in [1.82, 2.24) is 15.0 Å². The van der Waals surface area contributed by atoms with Crippen molar-refractivity contribution in [2.24, 2.45) is 0 Å². The summed E-state index contributed by atoms with van der Waals surface area (Å²) < 4.78 is 0. The highest BCUT2D eigenvalue weighted by atomic mass is 15.1. The summed E-state index contributed by atoms with van der Waals surface area (Å²) in [6.45, 7) is 2.60. The Labute approximate surface area is 152 Å². The van der Waals surface area contributed by atoms with E-state index in [1.165, 1.54) is 5.56 Å². The largest absolute Gasteiger partial charge is 0.366 e. The van der Waals surface area contributed by atoms with E-state index in [1.54, 1.807) is 6.20 Å². The lowest BCUT2D eigenvalue weighted by Crippen LogP contribution is -2.05. The Hall–Kier alpha value is -3.47. The number of anilines is 3. The van der Waals surface area contributed by atoms with E-state index < -0.39 is 0 Å². The van der Waals surface area contributed by atoms with E-state index in [4.69, 9.17) is 0 Å². The SMILES string of the molecule is Cc1nc(NCc2ccccc2)cc(Nc2cccc3cccnc23)n1. The van der Waals surface area contributed by atoms with Gasteiger partial charge in [0, 0.05) is 24.2 Å². The van der Waals surface area contributed by atoms with Crippen molar-refractivity contribution in [2.45, 2.75) is 13.5 Å². The molecule has 0 unspecified atom stereocenters. The van der Waals surface area contributed by atoms with Crippen LogP contribution in [0.3, 0.4) is 0 Å². The first kappa shape index (κ1) is 16.0. The van der Waals surface area contributed by atoms with Gasteiger partial charge in [0.1, 0.15) is 17.5 Å². The van der Waals surface area contributed by atoms with Crippen molar-refractivity contribution in [3.63, 3.8) is 0 Å². The summed E-state index contributed by atoms with van der Waals surface area (Å²) in [5.74, 6) is 2.24. The number of aryl methyl sites for hydroxylation is 1. The molecular weight excluding hydrogens is 322 g/mol. The first-order valence-corrected chi connectivity index (χ1v) is 8.52. The van der Waals surface area contributed by atoms with E-state index in [1.807, 2.05) is 61.5 Å². The number of hydrogen-bond donors (Lipinski definition) is 2. The van der Waals surface area contributed by atoms with Crippen LogP contribution in [0.1, 0.15) is 11.4 Å². The van der Waals surface area contributed by atoms with Gasteiger partial charge in [0.25, 0.3) is 0 Å². The molecule has 128 valence electrons. The van der Waals surface area contributed by atoms with E-state index in [9.17, 15) is 0 Å². The van der Waals surface area contributed by atoms with Crippen LogP contribution in [0.5, 0.6) is 0 Å². The quantitative estimate of drug-likeness (QED) is 0.551. The zero-order chi connectivity index (χ0) is 17.8. The zero-order valence-corrected chi connectivity index (χ0v) is 14.5. The standard InChI is InChI=1S/C21H19N5/c1-15-24-19(23-14-16-7-3-2-4-8-16)13-20(25-15)26-18-11-5-9-17-10-6-12-22-21(17)18/h2-13H,14H2,1H3,(H2,23,24,25,26). The number of rotatable bonds is 5. The third-order valence-corrected chi connectivity index (χ3v) is 4.05. The van der Waals surface area contributed by atoms with Crippen LogP contribution in [0.25, 0.3) is 10.9 Å². The van der Waals surface area contributed by atoms with Crippen LogP contribution < -0.4 is 10.6 Å². The van der Waals surface area contributed by atoms with E-state index in [0.717, 1.165) is 28.2 Å². The summed E-state index contributed by atoms with van der Waals surface area (Å²) in [6, 6.07) is 22.2. The molecule has 0 radical (unpaired) electrons. The molecule has 2 heterocycles. The number of aromatic nitrogens is 3. The second-order valence-corrected chi connectivity index (χ2v) is 6.03. The van der Waals surface area contributed by atoms with Crippen LogP contribution in [-0.2, 0) is 6.54 Å². The third kappa shape index (κ3) is 3.62. The number of para-hydroxylation sites is 1. The highest BCUT2D eigenvalue weighted by Crippen LogP contribution is 2.24. The van der Waals surface area contributed by atoms with Crippen molar-refractivity contribution in [3.8, 4) is 0 Å². The molecule has 0 fully saturated rings. The summed E-state index contributed by atoms with van der Waals surface area (Å²) in [4.78, 5) is 13.5. The summed E-state index contributed by atoms with van der Waals surface area (Å²) in [7, 11) is 0. The van der Waals surface area contributed by atoms with Crippen LogP contribution in [0.15, 0.2) is 72.9 Å². The van der Waals surface area contributed by atoms with Crippen molar-refractivity contribution in [2.75, 3.05) is 10.6 Å². The van der Waals surface area contributed by atoms with Gasteiger partial charge in [-0.3, -0.25) is 4.98 Å². The maximum Gasteiger partial charge on any atom is 0.136 e. The smallest absolute Gasteiger partial charge is 0.136 e. The molecule has 2 aromatic carbocycles. The molecule has 0 atom stereocenters. The molecular formula is C21H19N5. The Morgan fingerprint density at radius 1 is 0.846 bits per heavy atom. The molecule has 4 rings (SSSR count). The molecule has 0 amide bonds. The van der Waals surface area contributed by atoms with E-state index in [0.29, 0.717) is 12.4 Å². The Morgan fingerprint density at radius 3 is 2.54 bits per heavy atom. The molecule has 2 N–H and O–H groups in total. The highest BCUT2D eigenvalue weighted by molar-refractivity contribution is 5.91. The van der Waals surface area contributed by atoms with Gasteiger partial charge in [0.2, 0.25) is 0 Å². The van der Waals surface area contributed by atoms with Gasteiger partial charge in [-0.25, -0.2) is 9.97 Å². The van der Waals surface area contributed by atoms with Crippen molar-refractivity contribution in [3.05, 3.63) is 84.3 Å². The minimum absolute atomic E-state index is 0.707. The third-order valence-electron chi connectivity index (χ3n) is 4.05. The van der Waals surface area contributed by atoms with Gasteiger partial charge >= 0.3 is 0 Å². The molecule has 0 saturated heterocycles. The van der Waals surface area contributed by atoms with E-state index in [2.05, 4.69) is 37.7 Å². The van der Waals surface area contributed by atoms with Crippen molar-refractivity contribution < 1.29 is 0 Å². The van der Waals surface area contributed by atoms with Gasteiger partial charge in [0.15, 0.2) is 0 Å². The summed E-state index contributed by atoms with van der Waals surface area (Å²) in [6.07, 6.45) is 1.80. The van der Waals surface area contributed by atoms with Gasteiger partial charge in [-0.2, -0.15) is 0 Å². The fourth-order valence-corrected chi connectivity index (χ4v) is 2.85. The van der Waals surface area contributed by atoms with Gasteiger partial charge in [0.05, 0.1) is 11.2 Å². The van der Waals surface area contributed by atoms with Gasteiger partial charge in [-0.15, -0.1) is 0 Å². The molecule has 2 aromatic heterocycles. The minimum Gasteiger partial charge on any atom is -0.366 e. The lowest BCUT2D eigenvalue weighted by atomic mass is 10.2. The zero-order valence-electron chi connectivity index (χ0n) is 14.5. The minimum atomic E-state index is 0.707. The number of fused-ring (bicyclic) bond motifs is 1. The molecule has 5 nitrogen and oxygen atoms in total. The van der Waals surface area contributed by atoms with Crippen LogP contribution in [0.4, 0.5) is 17.3 Å². The van der Waals surface area contributed by atoms with Crippen LogP contribution in [0, 0.1) is 6.92 Å². The molecule has 0 aliphatic rings. The van der Waals surface area contributed by atoms with E-state index >= 15 is 0 Å². The predicted octanol–water partition coefficient (Wildman–Crippen LogP) is 4.69. The fourth-order valence-electron chi connectivity index (χ4n) is 2.85. The highest BCUT2D eigenvalue weighted by Gasteiger charge is 2.06. The molecule has 4 aromatic rings. The first-order chi connectivity index (χ1) is 12.8. The predicted molar refractivity (Wildman–Crippen MR) is 106 cm³/mol. The Kier molecular flexibility index (Phi) is 4.43. The maximum absolute atomic E-state index is 4.50. The molecule has 0 spiro atoms. The van der Waals surface area contributed by atoms with Gasteiger partial charge in [-0.05, 0) is 24.6 Å². The molecule has 0 aliphatic carbocycles. The molecule has 5 heteroatoms. The Bertz CT molecular complexity index is 1030. The number of nitrogens with one attached hydrogen (secondary N) is 2. The average Bonchev–Trinajstić information content (AvgIpc) is 2.67. The van der Waals surface area contributed by atoms with Crippen molar-refractivity contribution in [1.29, 1.82) is 0 Å². The van der Waals surface area contributed by atoms with Gasteiger partial charge in [-0.1, -0.05) is 48.5 Å². The fraction of sp³-hybridized carbons (Fsp3) is 0.0952. The number of hydrogen-bond acceptors (Lipinski definition) is 5. The van der Waals surface area contributed by atoms with Crippen LogP contribution >= 0.6 is 0 Å². The summed E-state index contributed by atoms with van der Waals surface area (Å²) >= 11 is 0. The van der Waals surface area contributed by atoms with Crippen LogP contribution in [0.2, 0.25) is 0 Å². The van der Waals surface area contributed by atoms with Crippen molar-refractivity contribution >= 4 is 28.2 Å². The monoisotopic (exact) mass is 341 g/mol. The van der Waals surface area contributed by atoms with E-state index in [-0.39, 0.29) is 0 Å². The average molecular weight is 341 g/mol. The van der Waals surface area contributed by atoms with Crippen LogP contribution in [-0.4, -0.2) is 15.0 Å². The second kappa shape index (κ2) is 7.19. The molecule has 0 aliphatic heterocycles. The number of benzene rings is 2. The number of nitrogens with zero attached hydrogens (tertiary/aromatic N) is 3. The first-order valence-electron chi connectivity index (χ1n) is 8.52. The van der Waals surface area contributed by atoms with Gasteiger partial charge < -0.3 is 10.6 Å². The molecule has 0 saturated carbocycles. The second-order valence-electron chi connectivity index (χ2n) is 6.03. The summed E-state index contributed by atoms with van der Waals surface area (Å²) in [5, 5.41) is 7.82. The topological polar surface area (TPSA) is 62.7 Å². The molecule has 26 heavy (non-hydrogen) atoms. The maximum atomic E-state index is 4.50. The Balaban J connectivity index is 1.58. The molecule has 0 bridgehead atoms. The lowest BCUT2D eigenvalue weighted by Gasteiger charge is -2.11. The lowest BCUT2D eigenvalue weighted by molar-refractivity contribution is 1.03. The summed E-state index contributed by atoms with van der Waals surface area (Å²) in [5.41, 5.74) is 3.05. The Morgan fingerprint density at radius 2 is 1.65 bits per heavy atom. The normalized spacial score (nSPS) is 10.7. The number of pyridine rings is 1.